The zero-order valence-electron chi connectivity index (χ0n) is 9.91. The van der Waals surface area contributed by atoms with E-state index in [9.17, 15) is 9.18 Å². The van der Waals surface area contributed by atoms with Gasteiger partial charge in [-0.2, -0.15) is 0 Å². The monoisotopic (exact) mass is 237 g/mol. The van der Waals surface area contributed by atoms with Gasteiger partial charge in [0.25, 0.3) is 5.91 Å². The number of ether oxygens (including phenoxy) is 1. The zero-order valence-corrected chi connectivity index (χ0v) is 9.91. The fraction of sp³-hybridized carbons (Fsp3) is 0.462. The smallest absolute Gasteiger partial charge is 0.260 e. The van der Waals surface area contributed by atoms with E-state index in [1.54, 1.807) is 24.0 Å². The normalized spacial score (nSPS) is 15.1. The molecule has 0 saturated carbocycles. The number of hydrogen-bond acceptors (Lipinski definition) is 2. The SMILES string of the molecule is Cc1ccc(OCC(=O)N2CCCC2)cc1F. The van der Waals surface area contributed by atoms with Crippen LogP contribution in [0, 0.1) is 12.7 Å². The minimum absolute atomic E-state index is 0.0114. The van der Waals surface area contributed by atoms with Gasteiger partial charge in [-0.05, 0) is 31.4 Å². The lowest BCUT2D eigenvalue weighted by Gasteiger charge is -2.15. The molecular weight excluding hydrogens is 221 g/mol. The average molecular weight is 237 g/mol. The van der Waals surface area contributed by atoms with Crippen LogP contribution >= 0.6 is 0 Å². The Morgan fingerprint density at radius 1 is 1.41 bits per heavy atom. The van der Waals surface area contributed by atoms with Crippen LogP contribution < -0.4 is 4.74 Å². The Morgan fingerprint density at radius 2 is 2.12 bits per heavy atom. The van der Waals surface area contributed by atoms with Crippen molar-refractivity contribution in [1.82, 2.24) is 4.90 Å². The summed E-state index contributed by atoms with van der Waals surface area (Å²) in [6.07, 6.45) is 2.12. The Balaban J connectivity index is 1.88. The summed E-state index contributed by atoms with van der Waals surface area (Å²) in [7, 11) is 0. The first-order chi connectivity index (χ1) is 8.16. The molecule has 1 fully saturated rings. The number of carbonyl (C=O) groups is 1. The van der Waals surface area contributed by atoms with E-state index in [-0.39, 0.29) is 18.3 Å². The van der Waals surface area contributed by atoms with Gasteiger partial charge in [0.15, 0.2) is 6.61 Å². The number of carbonyl (C=O) groups excluding carboxylic acids is 1. The minimum Gasteiger partial charge on any atom is -0.484 e. The first-order valence-corrected chi connectivity index (χ1v) is 5.83. The molecular formula is C13H16FNO2. The Morgan fingerprint density at radius 3 is 2.76 bits per heavy atom. The van der Waals surface area contributed by atoms with E-state index in [1.165, 1.54) is 6.07 Å². The molecule has 1 aliphatic rings. The van der Waals surface area contributed by atoms with E-state index in [0.717, 1.165) is 25.9 Å². The summed E-state index contributed by atoms with van der Waals surface area (Å²) in [6, 6.07) is 4.63. The highest BCUT2D eigenvalue weighted by molar-refractivity contribution is 5.78. The highest BCUT2D eigenvalue weighted by atomic mass is 19.1. The number of likely N-dealkylation sites (tertiary alicyclic amines) is 1. The highest BCUT2D eigenvalue weighted by Crippen LogP contribution is 2.16. The van der Waals surface area contributed by atoms with Crippen LogP contribution in [0.2, 0.25) is 0 Å². The van der Waals surface area contributed by atoms with Crippen LogP contribution in [0.25, 0.3) is 0 Å². The minimum atomic E-state index is -0.309. The van der Waals surface area contributed by atoms with Crippen LogP contribution in [0.1, 0.15) is 18.4 Å². The van der Waals surface area contributed by atoms with Gasteiger partial charge < -0.3 is 9.64 Å². The topological polar surface area (TPSA) is 29.5 Å². The summed E-state index contributed by atoms with van der Waals surface area (Å²) in [5.74, 6) is 0.0697. The van der Waals surface area contributed by atoms with Gasteiger partial charge in [-0.15, -0.1) is 0 Å². The molecule has 2 rings (SSSR count). The summed E-state index contributed by atoms with van der Waals surface area (Å²) in [5.41, 5.74) is 0.572. The van der Waals surface area contributed by atoms with Crippen molar-refractivity contribution in [2.24, 2.45) is 0 Å². The summed E-state index contributed by atoms with van der Waals surface area (Å²) >= 11 is 0. The third-order valence-electron chi connectivity index (χ3n) is 2.96. The van der Waals surface area contributed by atoms with E-state index in [0.29, 0.717) is 11.3 Å². The molecule has 1 aromatic carbocycles. The van der Waals surface area contributed by atoms with Crippen LogP contribution in [0.4, 0.5) is 4.39 Å². The number of aryl methyl sites for hydroxylation is 1. The van der Waals surface area contributed by atoms with E-state index < -0.39 is 0 Å². The van der Waals surface area contributed by atoms with E-state index in [2.05, 4.69) is 0 Å². The third kappa shape index (κ3) is 2.96. The van der Waals surface area contributed by atoms with Crippen LogP contribution in [0.5, 0.6) is 5.75 Å². The molecule has 1 heterocycles. The molecule has 0 radical (unpaired) electrons. The Hall–Kier alpha value is -1.58. The van der Waals surface area contributed by atoms with Gasteiger partial charge in [0.05, 0.1) is 0 Å². The predicted octanol–water partition coefficient (Wildman–Crippen LogP) is 2.14. The van der Waals surface area contributed by atoms with Crippen molar-refractivity contribution in [2.45, 2.75) is 19.8 Å². The second kappa shape index (κ2) is 5.17. The van der Waals surface area contributed by atoms with Crippen molar-refractivity contribution >= 4 is 5.91 Å². The Bertz CT molecular complexity index is 414. The van der Waals surface area contributed by atoms with Gasteiger partial charge >= 0.3 is 0 Å². The van der Waals surface area contributed by atoms with Gasteiger partial charge in [0.2, 0.25) is 0 Å². The van der Waals surface area contributed by atoms with E-state index >= 15 is 0 Å². The lowest BCUT2D eigenvalue weighted by molar-refractivity contribution is -0.132. The summed E-state index contributed by atoms with van der Waals surface area (Å²) in [4.78, 5) is 13.5. The van der Waals surface area contributed by atoms with Crippen molar-refractivity contribution in [2.75, 3.05) is 19.7 Å². The second-order valence-electron chi connectivity index (χ2n) is 4.29. The van der Waals surface area contributed by atoms with Crippen molar-refractivity contribution < 1.29 is 13.9 Å². The Kier molecular flexibility index (Phi) is 3.61. The van der Waals surface area contributed by atoms with Gasteiger partial charge in [0, 0.05) is 19.2 Å². The molecule has 0 atom stereocenters. The zero-order chi connectivity index (χ0) is 12.3. The quantitative estimate of drug-likeness (QED) is 0.806. The third-order valence-corrected chi connectivity index (χ3v) is 2.96. The molecule has 92 valence electrons. The van der Waals surface area contributed by atoms with Crippen molar-refractivity contribution in [3.63, 3.8) is 0 Å². The van der Waals surface area contributed by atoms with Crippen LogP contribution in [0.15, 0.2) is 18.2 Å². The average Bonchev–Trinajstić information content (AvgIpc) is 2.84. The number of hydrogen-bond donors (Lipinski definition) is 0. The van der Waals surface area contributed by atoms with Crippen LogP contribution in [-0.2, 0) is 4.79 Å². The van der Waals surface area contributed by atoms with Gasteiger partial charge in [-0.1, -0.05) is 6.07 Å². The molecule has 1 aromatic rings. The largest absolute Gasteiger partial charge is 0.484 e. The lowest BCUT2D eigenvalue weighted by Crippen LogP contribution is -2.32. The van der Waals surface area contributed by atoms with Gasteiger partial charge in [-0.25, -0.2) is 4.39 Å². The Labute approximate surface area is 100 Å². The van der Waals surface area contributed by atoms with Crippen molar-refractivity contribution in [3.05, 3.63) is 29.6 Å². The molecule has 3 nitrogen and oxygen atoms in total. The van der Waals surface area contributed by atoms with Crippen LogP contribution in [-0.4, -0.2) is 30.5 Å². The molecule has 1 saturated heterocycles. The van der Waals surface area contributed by atoms with Crippen molar-refractivity contribution in [3.8, 4) is 5.75 Å². The fourth-order valence-corrected chi connectivity index (χ4v) is 1.87. The molecule has 0 spiro atoms. The van der Waals surface area contributed by atoms with Crippen LogP contribution in [0.3, 0.4) is 0 Å². The van der Waals surface area contributed by atoms with Gasteiger partial charge in [-0.3, -0.25) is 4.79 Å². The maximum absolute atomic E-state index is 13.2. The second-order valence-corrected chi connectivity index (χ2v) is 4.29. The molecule has 4 heteroatoms. The fourth-order valence-electron chi connectivity index (χ4n) is 1.87. The molecule has 1 amide bonds. The molecule has 0 N–H and O–H groups in total. The first kappa shape index (κ1) is 11.9. The summed E-state index contributed by atoms with van der Waals surface area (Å²) < 4.78 is 18.5. The standard InChI is InChI=1S/C13H16FNO2/c1-10-4-5-11(8-12(10)14)17-9-13(16)15-6-2-3-7-15/h4-5,8H,2-3,6-7,9H2,1H3. The maximum atomic E-state index is 13.2. The van der Waals surface area contributed by atoms with E-state index in [1.807, 2.05) is 0 Å². The number of halogens is 1. The molecule has 0 unspecified atom stereocenters. The summed E-state index contributed by atoms with van der Waals surface area (Å²) in [6.45, 7) is 3.30. The van der Waals surface area contributed by atoms with E-state index in [4.69, 9.17) is 4.74 Å². The molecule has 0 aliphatic carbocycles. The highest BCUT2D eigenvalue weighted by Gasteiger charge is 2.18. The lowest BCUT2D eigenvalue weighted by atomic mass is 10.2. The number of nitrogens with zero attached hydrogens (tertiary/aromatic N) is 1. The number of benzene rings is 1. The van der Waals surface area contributed by atoms with Gasteiger partial charge in [0.1, 0.15) is 11.6 Å². The maximum Gasteiger partial charge on any atom is 0.260 e. The summed E-state index contributed by atoms with van der Waals surface area (Å²) in [5, 5.41) is 0. The number of amides is 1. The molecule has 1 aliphatic heterocycles. The molecule has 0 aromatic heterocycles. The first-order valence-electron chi connectivity index (χ1n) is 5.83. The number of rotatable bonds is 3. The van der Waals surface area contributed by atoms with Crippen molar-refractivity contribution in [1.29, 1.82) is 0 Å². The predicted molar refractivity (Wildman–Crippen MR) is 62.4 cm³/mol. The molecule has 0 bridgehead atoms. The molecule has 17 heavy (non-hydrogen) atoms.